The molecular weight excluding hydrogens is 304 g/mol. The number of aliphatic hydroxyl groups excluding tert-OH is 1. The van der Waals surface area contributed by atoms with E-state index < -0.39 is 0 Å². The van der Waals surface area contributed by atoms with Crippen molar-refractivity contribution in [2.75, 3.05) is 18.5 Å². The Labute approximate surface area is 142 Å². The van der Waals surface area contributed by atoms with Gasteiger partial charge in [0.1, 0.15) is 5.82 Å². The summed E-state index contributed by atoms with van der Waals surface area (Å²) in [4.78, 5) is 20.4. The molecule has 0 radical (unpaired) electrons. The summed E-state index contributed by atoms with van der Waals surface area (Å²) in [7, 11) is 0. The SMILES string of the molecule is CC(C)(CO)CCCNC(=O)c1cccc(Nc2cnccn2)c1. The third-order valence-corrected chi connectivity index (χ3v) is 3.70. The molecule has 0 fully saturated rings. The Bertz CT molecular complexity index is 659. The molecule has 24 heavy (non-hydrogen) atoms. The highest BCUT2D eigenvalue weighted by Crippen LogP contribution is 2.20. The molecule has 1 aromatic carbocycles. The van der Waals surface area contributed by atoms with E-state index in [4.69, 9.17) is 0 Å². The minimum Gasteiger partial charge on any atom is -0.396 e. The zero-order valence-electron chi connectivity index (χ0n) is 14.1. The largest absolute Gasteiger partial charge is 0.396 e. The minimum absolute atomic E-state index is 0.106. The van der Waals surface area contributed by atoms with Crippen LogP contribution in [0, 0.1) is 5.41 Å². The van der Waals surface area contributed by atoms with Gasteiger partial charge in [0.2, 0.25) is 0 Å². The second kappa shape index (κ2) is 8.40. The smallest absolute Gasteiger partial charge is 0.251 e. The average Bonchev–Trinajstić information content (AvgIpc) is 2.60. The van der Waals surface area contributed by atoms with Crippen LogP contribution in [0.1, 0.15) is 37.0 Å². The van der Waals surface area contributed by atoms with Crippen molar-refractivity contribution in [3.8, 4) is 0 Å². The van der Waals surface area contributed by atoms with Crippen molar-refractivity contribution in [1.29, 1.82) is 0 Å². The summed E-state index contributed by atoms with van der Waals surface area (Å²) in [6, 6.07) is 7.24. The molecule has 128 valence electrons. The zero-order chi connectivity index (χ0) is 17.4. The van der Waals surface area contributed by atoms with E-state index in [1.807, 2.05) is 26.0 Å². The summed E-state index contributed by atoms with van der Waals surface area (Å²) < 4.78 is 0. The maximum atomic E-state index is 12.2. The lowest BCUT2D eigenvalue weighted by molar-refractivity contribution is 0.0948. The van der Waals surface area contributed by atoms with Crippen LogP contribution in [0.25, 0.3) is 0 Å². The number of aromatic nitrogens is 2. The Morgan fingerprint density at radius 3 is 2.83 bits per heavy atom. The van der Waals surface area contributed by atoms with E-state index in [0.29, 0.717) is 17.9 Å². The van der Waals surface area contributed by atoms with Gasteiger partial charge in [-0.25, -0.2) is 4.98 Å². The molecule has 0 aliphatic heterocycles. The highest BCUT2D eigenvalue weighted by molar-refractivity contribution is 5.95. The van der Waals surface area contributed by atoms with Gasteiger partial charge in [0, 0.05) is 36.8 Å². The number of aliphatic hydroxyl groups is 1. The molecule has 0 bridgehead atoms. The van der Waals surface area contributed by atoms with Gasteiger partial charge in [-0.3, -0.25) is 9.78 Å². The van der Waals surface area contributed by atoms with E-state index in [9.17, 15) is 9.90 Å². The van der Waals surface area contributed by atoms with Crippen LogP contribution in [0.4, 0.5) is 11.5 Å². The summed E-state index contributed by atoms with van der Waals surface area (Å²) in [5.41, 5.74) is 1.26. The number of nitrogens with zero attached hydrogens (tertiary/aromatic N) is 2. The zero-order valence-corrected chi connectivity index (χ0v) is 14.1. The molecule has 1 amide bonds. The van der Waals surface area contributed by atoms with Crippen molar-refractivity contribution < 1.29 is 9.90 Å². The number of rotatable bonds is 8. The maximum Gasteiger partial charge on any atom is 0.251 e. The van der Waals surface area contributed by atoms with E-state index in [1.165, 1.54) is 0 Å². The van der Waals surface area contributed by atoms with Crippen molar-refractivity contribution in [1.82, 2.24) is 15.3 Å². The number of nitrogens with one attached hydrogen (secondary N) is 2. The van der Waals surface area contributed by atoms with Crippen molar-refractivity contribution >= 4 is 17.4 Å². The second-order valence-electron chi connectivity index (χ2n) is 6.48. The third kappa shape index (κ3) is 5.62. The molecule has 0 saturated heterocycles. The van der Waals surface area contributed by atoms with Crippen LogP contribution < -0.4 is 10.6 Å². The van der Waals surface area contributed by atoms with Gasteiger partial charge < -0.3 is 15.7 Å². The summed E-state index contributed by atoms with van der Waals surface area (Å²) in [5.74, 6) is 0.515. The fourth-order valence-corrected chi connectivity index (χ4v) is 2.20. The first-order valence-corrected chi connectivity index (χ1v) is 8.02. The molecular formula is C18H24N4O2. The second-order valence-corrected chi connectivity index (χ2v) is 6.48. The maximum absolute atomic E-state index is 12.2. The molecule has 6 nitrogen and oxygen atoms in total. The lowest BCUT2D eigenvalue weighted by atomic mass is 9.89. The van der Waals surface area contributed by atoms with Crippen LogP contribution >= 0.6 is 0 Å². The number of anilines is 2. The normalized spacial score (nSPS) is 11.1. The topological polar surface area (TPSA) is 87.1 Å². The van der Waals surface area contributed by atoms with Crippen molar-refractivity contribution in [2.45, 2.75) is 26.7 Å². The molecule has 3 N–H and O–H groups in total. The molecule has 1 aromatic heterocycles. The number of amides is 1. The Kier molecular flexibility index (Phi) is 6.26. The summed E-state index contributed by atoms with van der Waals surface area (Å²) in [6.45, 7) is 4.76. The Morgan fingerprint density at radius 1 is 1.29 bits per heavy atom. The molecule has 2 aromatic rings. The molecule has 2 rings (SSSR count). The van der Waals surface area contributed by atoms with Gasteiger partial charge in [-0.1, -0.05) is 19.9 Å². The van der Waals surface area contributed by atoms with Gasteiger partial charge in [0.15, 0.2) is 0 Å². The van der Waals surface area contributed by atoms with Crippen LogP contribution in [-0.2, 0) is 0 Å². The van der Waals surface area contributed by atoms with Gasteiger partial charge in [-0.15, -0.1) is 0 Å². The number of carbonyl (C=O) groups is 1. The predicted octanol–water partition coefficient (Wildman–Crippen LogP) is 2.75. The molecule has 0 saturated carbocycles. The van der Waals surface area contributed by atoms with Gasteiger partial charge in [-0.05, 0) is 36.5 Å². The Hall–Kier alpha value is -2.47. The fraction of sp³-hybridized carbons (Fsp3) is 0.389. The van der Waals surface area contributed by atoms with E-state index in [0.717, 1.165) is 18.5 Å². The van der Waals surface area contributed by atoms with Crippen LogP contribution in [0.15, 0.2) is 42.9 Å². The average molecular weight is 328 g/mol. The number of hydrogen-bond donors (Lipinski definition) is 3. The van der Waals surface area contributed by atoms with E-state index in [2.05, 4.69) is 20.6 Å². The molecule has 1 heterocycles. The van der Waals surface area contributed by atoms with Crippen molar-refractivity contribution in [3.05, 3.63) is 48.4 Å². The van der Waals surface area contributed by atoms with E-state index >= 15 is 0 Å². The molecule has 0 aliphatic rings. The number of benzene rings is 1. The fourth-order valence-electron chi connectivity index (χ4n) is 2.20. The number of carbonyl (C=O) groups excluding carboxylic acids is 1. The molecule has 0 spiro atoms. The molecule has 6 heteroatoms. The first-order valence-electron chi connectivity index (χ1n) is 8.02. The van der Waals surface area contributed by atoms with Crippen LogP contribution in [0.3, 0.4) is 0 Å². The molecule has 0 aliphatic carbocycles. The first kappa shape index (κ1) is 17.9. The minimum atomic E-state index is -0.111. The quantitative estimate of drug-likeness (QED) is 0.649. The lowest BCUT2D eigenvalue weighted by Gasteiger charge is -2.21. The number of hydrogen-bond acceptors (Lipinski definition) is 5. The van der Waals surface area contributed by atoms with E-state index in [1.54, 1.807) is 30.7 Å². The monoisotopic (exact) mass is 328 g/mol. The standard InChI is InChI=1S/C18H24N4O2/c1-18(2,13-23)7-4-8-21-17(24)14-5-3-6-15(11-14)22-16-12-19-9-10-20-16/h3,5-6,9-12,23H,4,7-8,13H2,1-2H3,(H,20,22)(H,21,24). The highest BCUT2D eigenvalue weighted by Gasteiger charge is 2.15. The van der Waals surface area contributed by atoms with Gasteiger partial charge in [0.05, 0.1) is 6.20 Å². The van der Waals surface area contributed by atoms with Crippen LogP contribution in [-0.4, -0.2) is 34.1 Å². The summed E-state index contributed by atoms with van der Waals surface area (Å²) in [6.07, 6.45) is 6.52. The van der Waals surface area contributed by atoms with E-state index in [-0.39, 0.29) is 17.9 Å². The predicted molar refractivity (Wildman–Crippen MR) is 94.2 cm³/mol. The molecule has 0 atom stereocenters. The summed E-state index contributed by atoms with van der Waals surface area (Å²) >= 11 is 0. The highest BCUT2D eigenvalue weighted by atomic mass is 16.3. The van der Waals surface area contributed by atoms with Crippen LogP contribution in [0.5, 0.6) is 0 Å². The van der Waals surface area contributed by atoms with Gasteiger partial charge in [0.25, 0.3) is 5.91 Å². The molecule has 0 unspecified atom stereocenters. The Morgan fingerprint density at radius 2 is 2.12 bits per heavy atom. The first-order chi connectivity index (χ1) is 11.5. The van der Waals surface area contributed by atoms with Crippen LogP contribution in [0.2, 0.25) is 0 Å². The lowest BCUT2D eigenvalue weighted by Crippen LogP contribution is -2.26. The Balaban J connectivity index is 1.87. The third-order valence-electron chi connectivity index (χ3n) is 3.70. The summed E-state index contributed by atoms with van der Waals surface area (Å²) in [5, 5.41) is 15.3. The van der Waals surface area contributed by atoms with Gasteiger partial charge in [-0.2, -0.15) is 0 Å². The van der Waals surface area contributed by atoms with Crippen molar-refractivity contribution in [3.63, 3.8) is 0 Å². The van der Waals surface area contributed by atoms with Crippen molar-refractivity contribution in [2.24, 2.45) is 5.41 Å². The van der Waals surface area contributed by atoms with Gasteiger partial charge >= 0.3 is 0 Å².